The number of carbonyl (C=O) groups excluding carboxylic acids is 2. The molecule has 3 aliphatic heterocycles. The van der Waals surface area contributed by atoms with Crippen molar-refractivity contribution in [2.45, 2.75) is 64.1 Å². The van der Waals surface area contributed by atoms with Crippen molar-refractivity contribution in [2.75, 3.05) is 39.3 Å². The third-order valence-electron chi connectivity index (χ3n) is 10.4. The van der Waals surface area contributed by atoms with Crippen molar-refractivity contribution in [2.24, 2.45) is 15.8 Å². The Hall–Kier alpha value is -3.55. The molecule has 47 heavy (non-hydrogen) atoms. The van der Waals surface area contributed by atoms with Crippen LogP contribution in [0.15, 0.2) is 46.0 Å². The predicted octanol–water partition coefficient (Wildman–Crippen LogP) is 4.69. The lowest BCUT2D eigenvalue weighted by atomic mass is 9.36. The molecule has 6 aliphatic rings. The number of aliphatic imine (C=N–C) groups is 1. The molecule has 1 aromatic heterocycles. The molecule has 11 nitrogen and oxygen atoms in total. The van der Waals surface area contributed by atoms with Gasteiger partial charge in [-0.05, 0) is 64.0 Å². The van der Waals surface area contributed by atoms with Gasteiger partial charge in [-0.2, -0.15) is 0 Å². The van der Waals surface area contributed by atoms with E-state index in [0.29, 0.717) is 66.8 Å². The molecular weight excluding hydrogens is 647 g/mol. The van der Waals surface area contributed by atoms with Crippen molar-refractivity contribution in [3.8, 4) is 0 Å². The number of esters is 1. The number of urea groups is 1. The summed E-state index contributed by atoms with van der Waals surface area (Å²) in [5, 5.41) is 15.6. The lowest BCUT2D eigenvalue weighted by Crippen LogP contribution is -2.75. The summed E-state index contributed by atoms with van der Waals surface area (Å²) < 4.78 is 19.6. The molecule has 14 heteroatoms. The van der Waals surface area contributed by atoms with Crippen LogP contribution in [-0.2, 0) is 14.3 Å². The Kier molecular flexibility index (Phi) is 7.87. The van der Waals surface area contributed by atoms with Crippen LogP contribution in [0.5, 0.6) is 0 Å². The number of aromatic nitrogens is 1. The van der Waals surface area contributed by atoms with Crippen LogP contribution in [0, 0.1) is 16.6 Å². The monoisotopic (exact) mass is 684 g/mol. The Bertz CT molecular complexity index is 1680. The largest absolute Gasteiger partial charge is 0.481 e. The number of hydrogen-bond donors (Lipinski definition) is 2. The zero-order valence-corrected chi connectivity index (χ0v) is 28.2. The van der Waals surface area contributed by atoms with E-state index in [1.807, 2.05) is 15.2 Å². The first kappa shape index (κ1) is 32.0. The second kappa shape index (κ2) is 11.6. The number of piperazine rings is 1. The summed E-state index contributed by atoms with van der Waals surface area (Å²) >= 11 is 7.93. The minimum absolute atomic E-state index is 0.0126. The Morgan fingerprint density at radius 3 is 2.66 bits per heavy atom. The van der Waals surface area contributed by atoms with E-state index in [0.717, 1.165) is 19.3 Å². The molecule has 2 amide bonds. The number of thiazole rings is 1. The van der Waals surface area contributed by atoms with Crippen LogP contribution in [-0.4, -0.2) is 99.5 Å². The van der Waals surface area contributed by atoms with Crippen LogP contribution in [0.2, 0.25) is 5.02 Å². The molecule has 2 atom stereocenters. The quantitative estimate of drug-likeness (QED) is 0.345. The summed E-state index contributed by atoms with van der Waals surface area (Å²) in [6.07, 6.45) is 4.88. The first-order chi connectivity index (χ1) is 22.3. The molecule has 0 unspecified atom stereocenters. The molecule has 0 spiro atoms. The molecule has 2 saturated heterocycles. The van der Waals surface area contributed by atoms with E-state index in [1.54, 1.807) is 33.0 Å². The van der Waals surface area contributed by atoms with Gasteiger partial charge >= 0.3 is 18.0 Å². The van der Waals surface area contributed by atoms with Crippen molar-refractivity contribution in [1.82, 2.24) is 25.0 Å². The van der Waals surface area contributed by atoms with Crippen molar-refractivity contribution in [1.29, 1.82) is 0 Å². The fourth-order valence-electron chi connectivity index (χ4n) is 8.53. The highest BCUT2D eigenvalue weighted by molar-refractivity contribution is 7.11. The fraction of sp³-hybridized carbons (Fsp3) is 0.545. The third-order valence-corrected chi connectivity index (χ3v) is 11.5. The number of carboxylic acid groups (broad SMARTS) is 1. The number of hydrogen-bond acceptors (Lipinski definition) is 9. The number of carboxylic acids is 1. The van der Waals surface area contributed by atoms with Crippen LogP contribution in [0.25, 0.3) is 0 Å². The van der Waals surface area contributed by atoms with Gasteiger partial charge in [0.15, 0.2) is 10.8 Å². The Labute approximate surface area is 281 Å². The van der Waals surface area contributed by atoms with Crippen LogP contribution >= 0.6 is 22.9 Å². The van der Waals surface area contributed by atoms with Gasteiger partial charge in [0.1, 0.15) is 11.9 Å². The Balaban J connectivity index is 1.11. The summed E-state index contributed by atoms with van der Waals surface area (Å²) in [7, 11) is 0. The summed E-state index contributed by atoms with van der Waals surface area (Å²) in [5.74, 6) is -1.32. The number of nitrogens with one attached hydrogen (secondary N) is 1. The molecular formula is C33H38ClFN6O5S. The van der Waals surface area contributed by atoms with Gasteiger partial charge in [0.25, 0.3) is 0 Å². The van der Waals surface area contributed by atoms with Gasteiger partial charge in [0.05, 0.1) is 23.6 Å². The van der Waals surface area contributed by atoms with Crippen LogP contribution in [0.1, 0.15) is 63.1 Å². The maximum Gasteiger partial charge on any atom is 0.338 e. The number of ether oxygens (including phenoxy) is 1. The maximum atomic E-state index is 14.1. The van der Waals surface area contributed by atoms with Crippen molar-refractivity contribution in [3.05, 3.63) is 62.5 Å². The summed E-state index contributed by atoms with van der Waals surface area (Å²) in [4.78, 5) is 54.4. The van der Waals surface area contributed by atoms with Crippen LogP contribution < -0.4 is 5.32 Å². The summed E-state index contributed by atoms with van der Waals surface area (Å²) in [6.45, 7) is 8.22. The fourth-order valence-corrected chi connectivity index (χ4v) is 9.39. The van der Waals surface area contributed by atoms with Gasteiger partial charge in [-0.15, -0.1) is 11.3 Å². The lowest BCUT2D eigenvalue weighted by molar-refractivity contribution is -0.218. The number of fused-ring (bicyclic) bond motifs is 1. The first-order valence-corrected chi connectivity index (χ1v) is 17.2. The lowest BCUT2D eigenvalue weighted by Gasteiger charge is -2.74. The second-order valence-electron chi connectivity index (χ2n) is 14.2. The van der Waals surface area contributed by atoms with Crippen LogP contribution in [0.4, 0.5) is 9.18 Å². The standard InChI is InChI=1S/C33H38ClFN6O5S/c1-4-46-28(42)24-23(37-26(27-36-7-10-47-27)38-25(24)21-6-5-19(35)11-22(21)34)14-39-8-9-40-20(12-39)13-41(30(40)45)33-16-32(17-33,18-33)15-31(2,3)29(43)44/h5-7,10-11,20,25H,4,8-9,12-18H2,1-3H3,(H,37,38)(H,43,44)/t20-,25-,32?,33?/m0/s1. The molecule has 2 bridgehead atoms. The van der Waals surface area contributed by atoms with Crippen LogP contribution in [0.3, 0.4) is 0 Å². The molecule has 2 aromatic rings. The molecule has 0 radical (unpaired) electrons. The third kappa shape index (κ3) is 5.49. The smallest absolute Gasteiger partial charge is 0.338 e. The first-order valence-electron chi connectivity index (χ1n) is 16.0. The second-order valence-corrected chi connectivity index (χ2v) is 15.5. The molecule has 8 rings (SSSR count). The van der Waals surface area contributed by atoms with Crippen molar-refractivity contribution < 1.29 is 28.6 Å². The van der Waals surface area contributed by atoms with Gasteiger partial charge < -0.3 is 25.0 Å². The highest BCUT2D eigenvalue weighted by atomic mass is 35.5. The average Bonchev–Trinajstić information content (AvgIpc) is 3.62. The SMILES string of the molecule is CCOC(=O)C1=C(CN2CCN3C(=O)N(C45CC(CC(C)(C)C(=O)O)(C4)C5)C[C@@H]3C2)NC(c2nccs2)=N[C@H]1c1ccc(F)cc1Cl. The van der Waals surface area contributed by atoms with E-state index in [2.05, 4.69) is 15.2 Å². The van der Waals surface area contributed by atoms with E-state index in [-0.39, 0.29) is 34.7 Å². The van der Waals surface area contributed by atoms with E-state index in [1.165, 1.54) is 23.5 Å². The minimum atomic E-state index is -0.843. The molecule has 1 aromatic carbocycles. The molecule has 2 N–H and O–H groups in total. The van der Waals surface area contributed by atoms with E-state index in [4.69, 9.17) is 21.3 Å². The number of halogens is 2. The van der Waals surface area contributed by atoms with Crippen molar-refractivity contribution >= 4 is 46.7 Å². The summed E-state index contributed by atoms with van der Waals surface area (Å²) in [6, 6.07) is 3.26. The zero-order chi connectivity index (χ0) is 33.3. The normalized spacial score (nSPS) is 28.7. The predicted molar refractivity (Wildman–Crippen MR) is 174 cm³/mol. The van der Waals surface area contributed by atoms with E-state index in [9.17, 15) is 23.9 Å². The molecule has 5 fully saturated rings. The highest BCUT2D eigenvalue weighted by Gasteiger charge is 2.73. The topological polar surface area (TPSA) is 128 Å². The van der Waals surface area contributed by atoms with Gasteiger partial charge in [-0.3, -0.25) is 14.7 Å². The zero-order valence-electron chi connectivity index (χ0n) is 26.6. The number of amidine groups is 1. The Morgan fingerprint density at radius 2 is 2.00 bits per heavy atom. The average molecular weight is 685 g/mol. The highest BCUT2D eigenvalue weighted by Crippen LogP contribution is 2.73. The number of nitrogens with zero attached hydrogens (tertiary/aromatic N) is 5. The number of benzene rings is 1. The van der Waals surface area contributed by atoms with Gasteiger partial charge in [-0.1, -0.05) is 17.7 Å². The van der Waals surface area contributed by atoms with Gasteiger partial charge in [0.2, 0.25) is 0 Å². The number of rotatable bonds is 10. The molecule has 3 aliphatic carbocycles. The number of carbonyl (C=O) groups is 3. The summed E-state index contributed by atoms with van der Waals surface area (Å²) in [5.41, 5.74) is 0.449. The van der Waals surface area contributed by atoms with E-state index < -0.39 is 29.2 Å². The van der Waals surface area contributed by atoms with E-state index >= 15 is 0 Å². The van der Waals surface area contributed by atoms with Gasteiger partial charge in [0, 0.05) is 66.1 Å². The molecule has 4 heterocycles. The molecule has 3 saturated carbocycles. The number of aliphatic carboxylic acids is 1. The number of amides is 2. The Morgan fingerprint density at radius 1 is 1.23 bits per heavy atom. The van der Waals surface area contributed by atoms with Crippen molar-refractivity contribution in [3.63, 3.8) is 0 Å². The molecule has 250 valence electrons. The maximum absolute atomic E-state index is 14.1. The minimum Gasteiger partial charge on any atom is -0.481 e. The van der Waals surface area contributed by atoms with Gasteiger partial charge in [-0.25, -0.2) is 19.0 Å².